The van der Waals surface area contributed by atoms with Crippen LogP contribution in [0.4, 0.5) is 0 Å². The fraction of sp³-hybridized carbons (Fsp3) is 0.500. The van der Waals surface area contributed by atoms with Crippen molar-refractivity contribution in [3.8, 4) is 6.07 Å². The van der Waals surface area contributed by atoms with E-state index in [0.717, 1.165) is 24.0 Å². The van der Waals surface area contributed by atoms with Crippen molar-refractivity contribution in [2.45, 2.75) is 44.0 Å². The van der Waals surface area contributed by atoms with Crippen LogP contribution in [0.3, 0.4) is 0 Å². The van der Waals surface area contributed by atoms with Crippen LogP contribution in [-0.4, -0.2) is 25.3 Å². The Labute approximate surface area is 114 Å². The van der Waals surface area contributed by atoms with Crippen LogP contribution in [0.15, 0.2) is 23.1 Å². The third-order valence-electron chi connectivity index (χ3n) is 3.32. The monoisotopic (exact) mass is 278 g/mol. The van der Waals surface area contributed by atoms with Crippen LogP contribution in [-0.2, 0) is 10.0 Å². The second kappa shape index (κ2) is 5.32. The quantitative estimate of drug-likeness (QED) is 0.830. The normalized spacial score (nSPS) is 15.5. The van der Waals surface area contributed by atoms with Gasteiger partial charge in [0.25, 0.3) is 0 Å². The summed E-state index contributed by atoms with van der Waals surface area (Å²) < 4.78 is 26.8. The van der Waals surface area contributed by atoms with Crippen LogP contribution in [0.1, 0.15) is 30.4 Å². The second-order valence-electron chi connectivity index (χ2n) is 5.02. The van der Waals surface area contributed by atoms with Gasteiger partial charge in [-0.2, -0.15) is 9.57 Å². The molecule has 0 aromatic heterocycles. The zero-order chi connectivity index (χ0) is 14.0. The molecule has 0 heterocycles. The summed E-state index contributed by atoms with van der Waals surface area (Å²) in [5.74, 6) is 0. The molecule has 102 valence electrons. The van der Waals surface area contributed by atoms with E-state index in [4.69, 9.17) is 5.26 Å². The van der Waals surface area contributed by atoms with Gasteiger partial charge in [0.15, 0.2) is 0 Å². The van der Waals surface area contributed by atoms with Crippen LogP contribution in [0.2, 0.25) is 0 Å². The second-order valence-corrected chi connectivity index (χ2v) is 6.88. The van der Waals surface area contributed by atoms with Gasteiger partial charge in [-0.15, -0.1) is 0 Å². The smallest absolute Gasteiger partial charge is 0.207 e. The summed E-state index contributed by atoms with van der Waals surface area (Å²) in [7, 11) is -3.48. The maximum Gasteiger partial charge on any atom is 0.243 e. The molecule has 1 fully saturated rings. The lowest BCUT2D eigenvalue weighted by molar-refractivity contribution is 0.410. The first-order chi connectivity index (χ1) is 8.96. The first kappa shape index (κ1) is 14.0. The van der Waals surface area contributed by atoms with E-state index in [-0.39, 0.29) is 19.0 Å². The van der Waals surface area contributed by atoms with Crippen molar-refractivity contribution < 1.29 is 8.42 Å². The number of hydrogen-bond donors (Lipinski definition) is 0. The van der Waals surface area contributed by atoms with Gasteiger partial charge in [-0.1, -0.05) is 17.7 Å². The lowest BCUT2D eigenvalue weighted by Gasteiger charge is -2.22. The SMILES string of the molecule is Cc1ccc(S(=O)(=O)N(CCC#N)C2CC2)c(C)c1. The first-order valence-corrected chi connectivity index (χ1v) is 7.87. The van der Waals surface area contributed by atoms with Crippen LogP contribution >= 0.6 is 0 Å². The summed E-state index contributed by atoms with van der Waals surface area (Å²) in [6, 6.07) is 7.46. The molecule has 0 bridgehead atoms. The molecule has 1 saturated carbocycles. The molecular weight excluding hydrogens is 260 g/mol. The summed E-state index contributed by atoms with van der Waals surface area (Å²) in [6.45, 7) is 4.05. The molecule has 2 rings (SSSR count). The molecule has 1 aliphatic carbocycles. The first-order valence-electron chi connectivity index (χ1n) is 6.43. The molecule has 0 atom stereocenters. The lowest BCUT2D eigenvalue weighted by atomic mass is 10.2. The molecule has 0 N–H and O–H groups in total. The van der Waals surface area contributed by atoms with E-state index in [9.17, 15) is 8.42 Å². The molecule has 1 aromatic rings. The summed E-state index contributed by atoms with van der Waals surface area (Å²) in [5, 5.41) is 8.67. The van der Waals surface area contributed by atoms with Gasteiger partial charge in [-0.25, -0.2) is 8.42 Å². The number of benzene rings is 1. The predicted molar refractivity (Wildman–Crippen MR) is 73.1 cm³/mol. The van der Waals surface area contributed by atoms with Gasteiger partial charge < -0.3 is 0 Å². The number of nitrogens with zero attached hydrogens (tertiary/aromatic N) is 2. The van der Waals surface area contributed by atoms with E-state index in [2.05, 4.69) is 0 Å². The van der Waals surface area contributed by atoms with Crippen LogP contribution in [0.5, 0.6) is 0 Å². The molecule has 0 saturated heterocycles. The minimum absolute atomic E-state index is 0.0825. The Kier molecular flexibility index (Phi) is 3.93. The molecular formula is C14H18N2O2S. The number of sulfonamides is 1. The van der Waals surface area contributed by atoms with E-state index in [1.54, 1.807) is 6.07 Å². The average molecular weight is 278 g/mol. The minimum Gasteiger partial charge on any atom is -0.207 e. The molecule has 4 nitrogen and oxygen atoms in total. The third-order valence-corrected chi connectivity index (χ3v) is 5.43. The van der Waals surface area contributed by atoms with E-state index >= 15 is 0 Å². The fourth-order valence-electron chi connectivity index (χ4n) is 2.24. The van der Waals surface area contributed by atoms with Gasteiger partial charge in [-0.05, 0) is 38.3 Å². The highest BCUT2D eigenvalue weighted by molar-refractivity contribution is 7.89. The summed E-state index contributed by atoms with van der Waals surface area (Å²) in [6.07, 6.45) is 2.03. The Hall–Kier alpha value is -1.38. The van der Waals surface area contributed by atoms with Crippen LogP contribution < -0.4 is 0 Å². The van der Waals surface area contributed by atoms with E-state index in [0.29, 0.717) is 4.90 Å². The predicted octanol–water partition coefficient (Wildman–Crippen LogP) is 2.37. The molecule has 0 unspecified atom stereocenters. The van der Waals surface area contributed by atoms with Gasteiger partial charge >= 0.3 is 0 Å². The average Bonchev–Trinajstić information content (AvgIpc) is 3.13. The van der Waals surface area contributed by atoms with Gasteiger partial charge in [0, 0.05) is 19.0 Å². The highest BCUT2D eigenvalue weighted by Crippen LogP contribution is 2.33. The highest BCUT2D eigenvalue weighted by Gasteiger charge is 2.38. The van der Waals surface area contributed by atoms with Crippen molar-refractivity contribution in [1.29, 1.82) is 5.26 Å². The minimum atomic E-state index is -3.48. The van der Waals surface area contributed by atoms with Crippen molar-refractivity contribution in [2.24, 2.45) is 0 Å². The van der Waals surface area contributed by atoms with Crippen molar-refractivity contribution >= 4 is 10.0 Å². The zero-order valence-corrected chi connectivity index (χ0v) is 12.1. The van der Waals surface area contributed by atoms with Crippen molar-refractivity contribution in [2.75, 3.05) is 6.54 Å². The Bertz CT molecular complexity index is 613. The molecule has 5 heteroatoms. The number of rotatable bonds is 5. The Morgan fingerprint density at radius 1 is 1.37 bits per heavy atom. The van der Waals surface area contributed by atoms with E-state index < -0.39 is 10.0 Å². The van der Waals surface area contributed by atoms with Gasteiger partial charge in [-0.3, -0.25) is 0 Å². The molecule has 0 amide bonds. The molecule has 0 radical (unpaired) electrons. The van der Waals surface area contributed by atoms with Gasteiger partial charge in [0.05, 0.1) is 11.0 Å². The highest BCUT2D eigenvalue weighted by atomic mass is 32.2. The molecule has 0 aliphatic heterocycles. The number of nitriles is 1. The van der Waals surface area contributed by atoms with Crippen molar-refractivity contribution in [1.82, 2.24) is 4.31 Å². The van der Waals surface area contributed by atoms with E-state index in [1.807, 2.05) is 32.0 Å². The van der Waals surface area contributed by atoms with Crippen LogP contribution in [0, 0.1) is 25.2 Å². The topological polar surface area (TPSA) is 61.2 Å². The maximum absolute atomic E-state index is 12.7. The molecule has 1 aliphatic rings. The summed E-state index contributed by atoms with van der Waals surface area (Å²) >= 11 is 0. The standard InChI is InChI=1S/C14H18N2O2S/c1-11-4-7-14(12(2)10-11)19(17,18)16(9-3-8-15)13-5-6-13/h4,7,10,13H,3,5-6,9H2,1-2H3. The van der Waals surface area contributed by atoms with Crippen molar-refractivity contribution in [3.05, 3.63) is 29.3 Å². The van der Waals surface area contributed by atoms with Crippen LogP contribution in [0.25, 0.3) is 0 Å². The lowest BCUT2D eigenvalue weighted by Crippen LogP contribution is -2.34. The molecule has 19 heavy (non-hydrogen) atoms. The van der Waals surface area contributed by atoms with Crippen molar-refractivity contribution in [3.63, 3.8) is 0 Å². The molecule has 1 aromatic carbocycles. The zero-order valence-electron chi connectivity index (χ0n) is 11.3. The molecule has 0 spiro atoms. The maximum atomic E-state index is 12.7. The Morgan fingerprint density at radius 3 is 2.58 bits per heavy atom. The summed E-state index contributed by atoms with van der Waals surface area (Å²) in [4.78, 5) is 0.364. The van der Waals surface area contributed by atoms with Gasteiger partial charge in [0.1, 0.15) is 0 Å². The largest absolute Gasteiger partial charge is 0.243 e. The van der Waals surface area contributed by atoms with Gasteiger partial charge in [0.2, 0.25) is 10.0 Å². The number of hydrogen-bond acceptors (Lipinski definition) is 3. The Morgan fingerprint density at radius 2 is 2.05 bits per heavy atom. The summed E-state index contributed by atoms with van der Waals surface area (Å²) in [5.41, 5.74) is 1.81. The number of aryl methyl sites for hydroxylation is 2. The third kappa shape index (κ3) is 2.96. The fourth-order valence-corrected chi connectivity index (χ4v) is 4.13. The van der Waals surface area contributed by atoms with E-state index in [1.165, 1.54) is 4.31 Å². The Balaban J connectivity index is 2.36.